The summed E-state index contributed by atoms with van der Waals surface area (Å²) in [4.78, 5) is 14.0. The fraction of sp³-hybridized carbons (Fsp3) is 0.533. The molecule has 0 saturated carbocycles. The van der Waals surface area contributed by atoms with Crippen LogP contribution in [0.5, 0.6) is 0 Å². The molecule has 2 saturated heterocycles. The fourth-order valence-electron chi connectivity index (χ4n) is 2.75. The zero-order valence-corrected chi connectivity index (χ0v) is 13.9. The topological polar surface area (TPSA) is 67.6 Å². The lowest BCUT2D eigenvalue weighted by molar-refractivity contribution is -0.138. The molecule has 2 aliphatic heterocycles. The van der Waals surface area contributed by atoms with E-state index in [2.05, 4.69) is 17.4 Å². The Hall–Kier alpha value is -0.850. The van der Waals surface area contributed by atoms with Crippen LogP contribution in [0.2, 0.25) is 0 Å². The summed E-state index contributed by atoms with van der Waals surface area (Å²) in [5.74, 6) is 0.274. The number of rotatable bonds is 4. The van der Waals surface area contributed by atoms with Gasteiger partial charge in [-0.05, 0) is 5.56 Å². The molecule has 5 nitrogen and oxygen atoms in total. The van der Waals surface area contributed by atoms with E-state index in [1.54, 1.807) is 0 Å². The lowest BCUT2D eigenvalue weighted by Crippen LogP contribution is -2.49. The van der Waals surface area contributed by atoms with E-state index in [0.717, 1.165) is 13.1 Å². The minimum Gasteiger partial charge on any atom is -0.366 e. The number of carbonyl (C=O) groups is 1. The summed E-state index contributed by atoms with van der Waals surface area (Å²) in [7, 11) is 0. The Balaban J connectivity index is 0.00000121. The molecular weight excluding hydrogens is 325 g/mol. The van der Waals surface area contributed by atoms with Crippen molar-refractivity contribution in [2.45, 2.75) is 18.1 Å². The Kier molecular flexibility index (Phi) is 7.59. The highest BCUT2D eigenvalue weighted by atomic mass is 35.5. The minimum atomic E-state index is 0. The van der Waals surface area contributed by atoms with E-state index in [-0.39, 0.29) is 55.4 Å². The molecule has 2 atom stereocenters. The van der Waals surface area contributed by atoms with Gasteiger partial charge in [-0.1, -0.05) is 30.3 Å². The van der Waals surface area contributed by atoms with E-state index in [1.165, 1.54) is 5.56 Å². The summed E-state index contributed by atoms with van der Waals surface area (Å²) in [6.45, 7) is 3.17. The van der Waals surface area contributed by atoms with Gasteiger partial charge in [0.2, 0.25) is 5.91 Å². The molecule has 1 aromatic rings. The molecule has 2 fully saturated rings. The number of hydrogen-bond acceptors (Lipinski definition) is 4. The van der Waals surface area contributed by atoms with Gasteiger partial charge in [0.15, 0.2) is 0 Å². The van der Waals surface area contributed by atoms with Crippen LogP contribution in [0.15, 0.2) is 30.3 Å². The number of hydrogen-bond donors (Lipinski definition) is 2. The molecule has 1 aromatic carbocycles. The molecule has 3 rings (SSSR count). The number of amides is 1. The van der Waals surface area contributed by atoms with Crippen LogP contribution in [0.4, 0.5) is 0 Å². The Bertz CT molecular complexity index is 471. The van der Waals surface area contributed by atoms with Crippen molar-refractivity contribution in [3.63, 3.8) is 0 Å². The maximum absolute atomic E-state index is 12.1. The number of halogens is 2. The van der Waals surface area contributed by atoms with Gasteiger partial charge in [-0.2, -0.15) is 0 Å². The molecule has 22 heavy (non-hydrogen) atoms. The molecule has 3 N–H and O–H groups in total. The van der Waals surface area contributed by atoms with Crippen molar-refractivity contribution in [3.8, 4) is 0 Å². The Labute approximate surface area is 143 Å². The first-order valence-corrected chi connectivity index (χ1v) is 7.14. The zero-order chi connectivity index (χ0) is 13.9. The van der Waals surface area contributed by atoms with Crippen molar-refractivity contribution in [1.29, 1.82) is 0 Å². The second-order valence-electron chi connectivity index (χ2n) is 5.57. The molecule has 0 radical (unpaired) electrons. The average Bonchev–Trinajstić information content (AvgIpc) is 2.80. The standard InChI is InChI=1S/C15H21N3O2.2ClH/c16-14-9-18(15(19)10-20-12-6-17-7-12)8-13(14)11-4-2-1-3-5-11;;/h1-5,12-14,17H,6-10,16H2;2*1H/t13-,14+;;/m0../s1. The highest BCUT2D eigenvalue weighted by Crippen LogP contribution is 2.26. The largest absolute Gasteiger partial charge is 0.366 e. The highest BCUT2D eigenvalue weighted by molar-refractivity contribution is 5.85. The van der Waals surface area contributed by atoms with Gasteiger partial charge in [0.05, 0.1) is 6.10 Å². The second kappa shape index (κ2) is 8.70. The van der Waals surface area contributed by atoms with Crippen molar-refractivity contribution in [2.75, 3.05) is 32.8 Å². The van der Waals surface area contributed by atoms with Crippen molar-refractivity contribution in [3.05, 3.63) is 35.9 Å². The Morgan fingerprint density at radius 1 is 1.23 bits per heavy atom. The molecule has 0 aliphatic carbocycles. The monoisotopic (exact) mass is 347 g/mol. The van der Waals surface area contributed by atoms with Gasteiger partial charge in [0, 0.05) is 38.1 Å². The summed E-state index contributed by atoms with van der Waals surface area (Å²) in [6.07, 6.45) is 0.195. The quantitative estimate of drug-likeness (QED) is 0.844. The van der Waals surface area contributed by atoms with Crippen LogP contribution in [0.25, 0.3) is 0 Å². The molecule has 2 aliphatic rings. The van der Waals surface area contributed by atoms with E-state index in [1.807, 2.05) is 23.1 Å². The predicted molar refractivity (Wildman–Crippen MR) is 90.8 cm³/mol. The van der Waals surface area contributed by atoms with Gasteiger partial charge in [-0.25, -0.2) is 0 Å². The van der Waals surface area contributed by atoms with Gasteiger partial charge in [-0.3, -0.25) is 4.79 Å². The molecule has 1 amide bonds. The van der Waals surface area contributed by atoms with Gasteiger partial charge >= 0.3 is 0 Å². The first kappa shape index (κ1) is 19.2. The van der Waals surface area contributed by atoms with Gasteiger partial charge < -0.3 is 20.7 Å². The summed E-state index contributed by atoms with van der Waals surface area (Å²) >= 11 is 0. The van der Waals surface area contributed by atoms with Crippen molar-refractivity contribution >= 4 is 30.7 Å². The normalized spacial score (nSPS) is 24.1. The van der Waals surface area contributed by atoms with Crippen LogP contribution < -0.4 is 11.1 Å². The van der Waals surface area contributed by atoms with Crippen molar-refractivity contribution in [2.24, 2.45) is 5.73 Å². The van der Waals surface area contributed by atoms with Crippen LogP contribution in [-0.4, -0.2) is 55.7 Å². The van der Waals surface area contributed by atoms with E-state index < -0.39 is 0 Å². The molecule has 0 unspecified atom stereocenters. The SMILES string of the molecule is Cl.Cl.N[C@@H]1CN(C(=O)COC2CNC2)C[C@H]1c1ccccc1. The van der Waals surface area contributed by atoms with E-state index in [9.17, 15) is 4.79 Å². The Morgan fingerprint density at radius 3 is 2.50 bits per heavy atom. The molecule has 7 heteroatoms. The van der Waals surface area contributed by atoms with Gasteiger partial charge in [0.1, 0.15) is 6.61 Å². The smallest absolute Gasteiger partial charge is 0.248 e. The number of nitrogens with one attached hydrogen (secondary N) is 1. The molecular formula is C15H23Cl2N3O2. The minimum absolute atomic E-state index is 0. The molecule has 0 aromatic heterocycles. The Morgan fingerprint density at radius 2 is 1.91 bits per heavy atom. The third-order valence-electron chi connectivity index (χ3n) is 4.13. The van der Waals surface area contributed by atoms with Crippen molar-refractivity contribution in [1.82, 2.24) is 10.2 Å². The third kappa shape index (κ3) is 4.33. The number of nitrogens with two attached hydrogens (primary N) is 1. The number of nitrogens with zero attached hydrogens (tertiary/aromatic N) is 1. The van der Waals surface area contributed by atoms with E-state index in [4.69, 9.17) is 10.5 Å². The summed E-state index contributed by atoms with van der Waals surface area (Å²) in [5, 5.41) is 3.12. The average molecular weight is 348 g/mol. The van der Waals surface area contributed by atoms with Crippen LogP contribution in [0.3, 0.4) is 0 Å². The van der Waals surface area contributed by atoms with E-state index >= 15 is 0 Å². The number of ether oxygens (including phenoxy) is 1. The number of likely N-dealkylation sites (tertiary alicyclic amines) is 1. The predicted octanol–water partition coefficient (Wildman–Crippen LogP) is 0.772. The molecule has 2 heterocycles. The van der Waals surface area contributed by atoms with Crippen molar-refractivity contribution < 1.29 is 9.53 Å². The lowest BCUT2D eigenvalue weighted by atomic mass is 9.95. The summed E-state index contributed by atoms with van der Waals surface area (Å²) < 4.78 is 5.53. The second-order valence-corrected chi connectivity index (χ2v) is 5.57. The summed E-state index contributed by atoms with van der Waals surface area (Å²) in [5.41, 5.74) is 7.40. The van der Waals surface area contributed by atoms with Crippen LogP contribution in [0.1, 0.15) is 11.5 Å². The highest BCUT2D eigenvalue weighted by Gasteiger charge is 2.34. The molecule has 0 bridgehead atoms. The first-order valence-electron chi connectivity index (χ1n) is 7.14. The number of carbonyl (C=O) groups excluding carboxylic acids is 1. The van der Waals surface area contributed by atoms with E-state index in [0.29, 0.717) is 13.1 Å². The maximum atomic E-state index is 12.1. The van der Waals surface area contributed by atoms with Crippen LogP contribution in [0, 0.1) is 0 Å². The first-order chi connectivity index (χ1) is 9.74. The third-order valence-corrected chi connectivity index (χ3v) is 4.13. The molecule has 0 spiro atoms. The molecule has 124 valence electrons. The maximum Gasteiger partial charge on any atom is 0.248 e. The zero-order valence-electron chi connectivity index (χ0n) is 12.3. The lowest BCUT2D eigenvalue weighted by Gasteiger charge is -2.27. The van der Waals surface area contributed by atoms with Crippen LogP contribution in [-0.2, 0) is 9.53 Å². The number of benzene rings is 1. The van der Waals surface area contributed by atoms with Crippen LogP contribution >= 0.6 is 24.8 Å². The van der Waals surface area contributed by atoms with Gasteiger partial charge in [-0.15, -0.1) is 24.8 Å². The van der Waals surface area contributed by atoms with Gasteiger partial charge in [0.25, 0.3) is 0 Å². The fourth-order valence-corrected chi connectivity index (χ4v) is 2.75. The summed E-state index contributed by atoms with van der Waals surface area (Å²) in [6, 6.07) is 10.2.